The molecule has 0 saturated heterocycles. The van der Waals surface area contributed by atoms with E-state index < -0.39 is 12.1 Å². The number of esters is 1. The summed E-state index contributed by atoms with van der Waals surface area (Å²) in [6.07, 6.45) is 3.10. The summed E-state index contributed by atoms with van der Waals surface area (Å²) in [5.74, 6) is -0.113. The highest BCUT2D eigenvalue weighted by Crippen LogP contribution is 2.32. The van der Waals surface area contributed by atoms with Crippen LogP contribution in [0.4, 0.5) is 0 Å². The molecule has 3 aromatic heterocycles. The van der Waals surface area contributed by atoms with Gasteiger partial charge in [-0.15, -0.1) is 11.3 Å². The maximum absolute atomic E-state index is 13.0. The lowest BCUT2D eigenvalue weighted by molar-refractivity contribution is 0.0320. The van der Waals surface area contributed by atoms with E-state index in [-0.39, 0.29) is 5.56 Å². The molecule has 0 aliphatic heterocycles. The van der Waals surface area contributed by atoms with Crippen LogP contribution in [0.5, 0.6) is 0 Å². The van der Waals surface area contributed by atoms with Crippen LogP contribution in [0.1, 0.15) is 39.7 Å². The maximum Gasteiger partial charge on any atom is 0.342 e. The highest BCUT2D eigenvalue weighted by atomic mass is 32.1. The molecule has 142 valence electrons. The summed E-state index contributed by atoms with van der Waals surface area (Å²) < 4.78 is 7.59. The van der Waals surface area contributed by atoms with E-state index in [9.17, 15) is 9.59 Å². The van der Waals surface area contributed by atoms with Gasteiger partial charge in [0.15, 0.2) is 11.9 Å². The van der Waals surface area contributed by atoms with Crippen LogP contribution < -0.4 is 5.56 Å². The second kappa shape index (κ2) is 7.09. The fraction of sp³-hybridized carbons (Fsp3) is 0.190. The molecule has 0 aliphatic rings. The molecular weight excluding hydrogens is 374 g/mol. The number of aromatic nitrogens is 3. The van der Waals surface area contributed by atoms with E-state index in [1.165, 1.54) is 0 Å². The number of ether oxygens (including phenoxy) is 1. The summed E-state index contributed by atoms with van der Waals surface area (Å²) >= 11 is 1.54. The number of aromatic amines is 1. The molecule has 0 radical (unpaired) electrons. The number of fused-ring (bicyclic) bond motifs is 1. The number of carbonyl (C=O) groups is 1. The average Bonchev–Trinajstić information content (AvgIpc) is 3.30. The Morgan fingerprint density at radius 3 is 2.64 bits per heavy atom. The van der Waals surface area contributed by atoms with E-state index >= 15 is 0 Å². The third-order valence-electron chi connectivity index (χ3n) is 4.71. The molecule has 1 atom stereocenters. The second-order valence-electron chi connectivity index (χ2n) is 6.57. The van der Waals surface area contributed by atoms with Crippen LogP contribution in [-0.4, -0.2) is 20.5 Å². The Hall–Kier alpha value is -3.19. The molecule has 1 unspecified atom stereocenters. The van der Waals surface area contributed by atoms with E-state index in [1.54, 1.807) is 36.5 Å². The van der Waals surface area contributed by atoms with Crippen LogP contribution in [0.2, 0.25) is 0 Å². The lowest BCUT2D eigenvalue weighted by Gasteiger charge is -2.14. The molecule has 0 fully saturated rings. The van der Waals surface area contributed by atoms with Gasteiger partial charge in [-0.25, -0.2) is 9.78 Å². The summed E-state index contributed by atoms with van der Waals surface area (Å²) in [7, 11) is 0. The fourth-order valence-corrected chi connectivity index (χ4v) is 4.18. The van der Waals surface area contributed by atoms with Crippen molar-refractivity contribution in [1.82, 2.24) is 14.5 Å². The number of para-hydroxylation sites is 1. The Labute approximate surface area is 165 Å². The first kappa shape index (κ1) is 18.2. The number of nitrogens with one attached hydrogen (secondary N) is 1. The van der Waals surface area contributed by atoms with Crippen molar-refractivity contribution >= 4 is 28.2 Å². The molecule has 0 aliphatic carbocycles. The minimum atomic E-state index is -0.693. The van der Waals surface area contributed by atoms with Crippen LogP contribution in [-0.2, 0) is 4.74 Å². The van der Waals surface area contributed by atoms with Crippen molar-refractivity contribution in [1.29, 1.82) is 0 Å². The summed E-state index contributed by atoms with van der Waals surface area (Å²) in [5.41, 5.74) is 1.75. The zero-order chi connectivity index (χ0) is 19.8. The van der Waals surface area contributed by atoms with Crippen molar-refractivity contribution in [2.75, 3.05) is 0 Å². The third-order valence-corrected chi connectivity index (χ3v) is 5.93. The molecule has 0 amide bonds. The van der Waals surface area contributed by atoms with Gasteiger partial charge in [-0.1, -0.05) is 12.1 Å². The SMILES string of the molecule is Cc1sc(-n2cccc2)c(C(=O)OC(C)c2nc3ccccc3c(=O)[nH]2)c1C. The van der Waals surface area contributed by atoms with Gasteiger partial charge in [0.1, 0.15) is 5.00 Å². The summed E-state index contributed by atoms with van der Waals surface area (Å²) in [4.78, 5) is 33.5. The van der Waals surface area contributed by atoms with Gasteiger partial charge in [-0.2, -0.15) is 0 Å². The summed E-state index contributed by atoms with van der Waals surface area (Å²) in [6.45, 7) is 5.60. The zero-order valence-electron chi connectivity index (χ0n) is 15.7. The number of carbonyl (C=O) groups excluding carboxylic acids is 1. The van der Waals surface area contributed by atoms with Crippen LogP contribution in [0.15, 0.2) is 53.6 Å². The topological polar surface area (TPSA) is 77.0 Å². The second-order valence-corrected chi connectivity index (χ2v) is 7.77. The first-order valence-electron chi connectivity index (χ1n) is 8.89. The van der Waals surface area contributed by atoms with Gasteiger partial charge in [0.25, 0.3) is 5.56 Å². The van der Waals surface area contributed by atoms with Crippen LogP contribution in [0.25, 0.3) is 15.9 Å². The van der Waals surface area contributed by atoms with E-state index in [0.717, 1.165) is 15.4 Å². The minimum Gasteiger partial charge on any atom is -0.451 e. The van der Waals surface area contributed by atoms with E-state index in [1.807, 2.05) is 49.0 Å². The van der Waals surface area contributed by atoms with E-state index in [0.29, 0.717) is 22.3 Å². The normalized spacial score (nSPS) is 12.2. The number of nitrogens with zero attached hydrogens (tertiary/aromatic N) is 2. The quantitative estimate of drug-likeness (QED) is 0.524. The molecular formula is C21H19N3O3S. The summed E-state index contributed by atoms with van der Waals surface area (Å²) in [5, 5.41) is 1.32. The van der Waals surface area contributed by atoms with Crippen LogP contribution >= 0.6 is 11.3 Å². The molecule has 28 heavy (non-hydrogen) atoms. The van der Waals surface area contributed by atoms with Gasteiger partial charge in [-0.05, 0) is 50.6 Å². The molecule has 4 aromatic rings. The van der Waals surface area contributed by atoms with Crippen molar-refractivity contribution in [2.45, 2.75) is 26.9 Å². The zero-order valence-corrected chi connectivity index (χ0v) is 16.5. The maximum atomic E-state index is 13.0. The Kier molecular flexibility index (Phi) is 4.60. The molecule has 1 aromatic carbocycles. The lowest BCUT2D eigenvalue weighted by atomic mass is 10.1. The number of aryl methyl sites for hydroxylation is 1. The molecule has 0 saturated carbocycles. The number of rotatable bonds is 4. The van der Waals surface area contributed by atoms with Crippen molar-refractivity contribution in [3.63, 3.8) is 0 Å². The Morgan fingerprint density at radius 1 is 1.18 bits per heavy atom. The third kappa shape index (κ3) is 3.14. The molecule has 7 heteroatoms. The van der Waals surface area contributed by atoms with Crippen molar-refractivity contribution in [3.8, 4) is 5.00 Å². The van der Waals surface area contributed by atoms with Gasteiger partial charge < -0.3 is 14.3 Å². The van der Waals surface area contributed by atoms with E-state index in [2.05, 4.69) is 9.97 Å². The standard InChI is InChI=1S/C21H19N3O3S/c1-12-14(3)28-20(24-10-6-7-11-24)17(12)21(26)27-13(2)18-22-16-9-5-4-8-15(16)19(25)23-18/h4-11,13H,1-3H3,(H,22,23,25). The smallest absolute Gasteiger partial charge is 0.342 e. The molecule has 4 rings (SSSR count). The van der Waals surface area contributed by atoms with Crippen molar-refractivity contribution in [3.05, 3.63) is 81.0 Å². The lowest BCUT2D eigenvalue weighted by Crippen LogP contribution is -2.18. The van der Waals surface area contributed by atoms with E-state index in [4.69, 9.17) is 4.74 Å². The number of thiophene rings is 1. The predicted octanol–water partition coefficient (Wildman–Crippen LogP) is 4.31. The van der Waals surface area contributed by atoms with Crippen LogP contribution in [0.3, 0.4) is 0 Å². The van der Waals surface area contributed by atoms with Gasteiger partial charge in [0.2, 0.25) is 0 Å². The van der Waals surface area contributed by atoms with Gasteiger partial charge in [0.05, 0.1) is 16.5 Å². The molecule has 0 spiro atoms. The van der Waals surface area contributed by atoms with Gasteiger partial charge in [0, 0.05) is 17.3 Å². The first-order chi connectivity index (χ1) is 13.5. The number of hydrogen-bond donors (Lipinski definition) is 1. The number of hydrogen-bond acceptors (Lipinski definition) is 5. The monoisotopic (exact) mass is 393 g/mol. The Balaban J connectivity index is 1.67. The largest absolute Gasteiger partial charge is 0.451 e. The number of H-pyrrole nitrogens is 1. The highest BCUT2D eigenvalue weighted by molar-refractivity contribution is 7.15. The van der Waals surface area contributed by atoms with Crippen molar-refractivity contribution < 1.29 is 9.53 Å². The Morgan fingerprint density at radius 2 is 1.89 bits per heavy atom. The molecule has 6 nitrogen and oxygen atoms in total. The first-order valence-corrected chi connectivity index (χ1v) is 9.70. The Bertz CT molecular complexity index is 1220. The minimum absolute atomic E-state index is 0.251. The fourth-order valence-electron chi connectivity index (χ4n) is 3.07. The summed E-state index contributed by atoms with van der Waals surface area (Å²) in [6, 6.07) is 10.9. The molecule has 1 N–H and O–H groups in total. The van der Waals surface area contributed by atoms with Crippen LogP contribution in [0, 0.1) is 13.8 Å². The molecule has 3 heterocycles. The van der Waals surface area contributed by atoms with Crippen molar-refractivity contribution in [2.24, 2.45) is 0 Å². The van der Waals surface area contributed by atoms with Gasteiger partial charge >= 0.3 is 5.97 Å². The molecule has 0 bridgehead atoms. The average molecular weight is 393 g/mol. The number of benzene rings is 1. The predicted molar refractivity (Wildman–Crippen MR) is 109 cm³/mol. The van der Waals surface area contributed by atoms with Gasteiger partial charge in [-0.3, -0.25) is 4.79 Å². The highest BCUT2D eigenvalue weighted by Gasteiger charge is 2.24.